The Bertz CT molecular complexity index is 672. The molecule has 3 amide bonds. The largest absolute Gasteiger partial charge is 0.465 e. The van der Waals surface area contributed by atoms with Gasteiger partial charge in [0, 0.05) is 5.69 Å². The molecule has 24 heavy (non-hydrogen) atoms. The summed E-state index contributed by atoms with van der Waals surface area (Å²) >= 11 is 0. The summed E-state index contributed by atoms with van der Waals surface area (Å²) in [5.74, 6) is -0.981. The molecule has 0 radical (unpaired) electrons. The standard InChI is InChI=1S/C17H21N3O4/c1-10-6-5-9-14(20-17(23)24)16(22)18-11(2)12-7-3-4-8-13(12)19-15(10)21/h3-8,10-11,14,20H,9H2,1-2H3,(H,18,22)(H,19,21)(H,23,24)/t10-,11?,14+/m1/s1. The topological polar surface area (TPSA) is 108 Å². The van der Waals surface area contributed by atoms with Gasteiger partial charge in [-0.1, -0.05) is 37.3 Å². The Morgan fingerprint density at radius 3 is 2.62 bits per heavy atom. The second-order valence-corrected chi connectivity index (χ2v) is 5.76. The van der Waals surface area contributed by atoms with E-state index in [-0.39, 0.29) is 18.4 Å². The van der Waals surface area contributed by atoms with Gasteiger partial charge in [0.05, 0.1) is 12.0 Å². The van der Waals surface area contributed by atoms with Crippen molar-refractivity contribution in [1.29, 1.82) is 0 Å². The first-order chi connectivity index (χ1) is 11.4. The number of carboxylic acid groups (broad SMARTS) is 1. The molecule has 1 aliphatic heterocycles. The van der Waals surface area contributed by atoms with E-state index in [0.29, 0.717) is 5.69 Å². The number of amides is 3. The molecule has 1 aromatic carbocycles. The predicted octanol–water partition coefficient (Wildman–Crippen LogP) is 2.03. The Kier molecular flexibility index (Phi) is 5.57. The molecule has 4 N–H and O–H groups in total. The number of benzene rings is 1. The number of nitrogens with one attached hydrogen (secondary N) is 3. The zero-order valence-electron chi connectivity index (χ0n) is 13.6. The van der Waals surface area contributed by atoms with Gasteiger partial charge in [0.2, 0.25) is 11.8 Å². The van der Waals surface area contributed by atoms with E-state index >= 15 is 0 Å². The van der Waals surface area contributed by atoms with Gasteiger partial charge in [-0.15, -0.1) is 0 Å². The first-order valence-electron chi connectivity index (χ1n) is 7.74. The van der Waals surface area contributed by atoms with Crippen molar-refractivity contribution in [3.05, 3.63) is 42.0 Å². The van der Waals surface area contributed by atoms with Crippen LogP contribution in [0, 0.1) is 5.92 Å². The lowest BCUT2D eigenvalue weighted by Gasteiger charge is -2.23. The van der Waals surface area contributed by atoms with E-state index in [4.69, 9.17) is 5.11 Å². The van der Waals surface area contributed by atoms with Gasteiger partial charge in [0.25, 0.3) is 0 Å². The van der Waals surface area contributed by atoms with Crippen molar-refractivity contribution in [2.75, 3.05) is 5.32 Å². The Labute approximate surface area is 140 Å². The van der Waals surface area contributed by atoms with E-state index in [2.05, 4.69) is 16.0 Å². The van der Waals surface area contributed by atoms with Crippen LogP contribution in [0.4, 0.5) is 10.5 Å². The van der Waals surface area contributed by atoms with Gasteiger partial charge in [-0.3, -0.25) is 9.59 Å². The maximum Gasteiger partial charge on any atom is 0.405 e. The Morgan fingerprint density at radius 2 is 1.92 bits per heavy atom. The molecule has 128 valence electrons. The van der Waals surface area contributed by atoms with Crippen LogP contribution in [0.15, 0.2) is 36.4 Å². The van der Waals surface area contributed by atoms with Crippen LogP contribution < -0.4 is 16.0 Å². The minimum absolute atomic E-state index is 0.166. The number of anilines is 1. The van der Waals surface area contributed by atoms with Crippen LogP contribution in [0.3, 0.4) is 0 Å². The van der Waals surface area contributed by atoms with Crippen LogP contribution >= 0.6 is 0 Å². The van der Waals surface area contributed by atoms with Crippen molar-refractivity contribution in [2.24, 2.45) is 5.92 Å². The van der Waals surface area contributed by atoms with E-state index < -0.39 is 24.0 Å². The summed E-state index contributed by atoms with van der Waals surface area (Å²) in [5.41, 5.74) is 1.38. The van der Waals surface area contributed by atoms with E-state index in [0.717, 1.165) is 5.56 Å². The quantitative estimate of drug-likeness (QED) is 0.591. The van der Waals surface area contributed by atoms with Gasteiger partial charge in [0.15, 0.2) is 0 Å². The summed E-state index contributed by atoms with van der Waals surface area (Å²) in [6, 6.07) is 5.90. The molecule has 0 aliphatic carbocycles. The molecule has 3 atom stereocenters. The van der Waals surface area contributed by atoms with E-state index in [1.54, 1.807) is 38.1 Å². The molecule has 1 unspecified atom stereocenters. The average Bonchev–Trinajstić information content (AvgIpc) is 2.52. The molecule has 0 saturated carbocycles. The average molecular weight is 331 g/mol. The van der Waals surface area contributed by atoms with Crippen LogP contribution in [0.5, 0.6) is 0 Å². The normalized spacial score (nSPS) is 24.7. The summed E-state index contributed by atoms with van der Waals surface area (Å²) < 4.78 is 0. The minimum Gasteiger partial charge on any atom is -0.465 e. The van der Waals surface area contributed by atoms with Crippen molar-refractivity contribution in [3.8, 4) is 0 Å². The highest BCUT2D eigenvalue weighted by Gasteiger charge is 2.23. The fourth-order valence-corrected chi connectivity index (χ4v) is 2.51. The highest BCUT2D eigenvalue weighted by atomic mass is 16.4. The summed E-state index contributed by atoms with van der Waals surface area (Å²) in [4.78, 5) is 35.5. The van der Waals surface area contributed by atoms with Crippen LogP contribution in [-0.4, -0.2) is 29.1 Å². The maximum atomic E-state index is 12.4. The smallest absolute Gasteiger partial charge is 0.405 e. The van der Waals surface area contributed by atoms with Crippen molar-refractivity contribution >= 4 is 23.6 Å². The molecule has 2 rings (SSSR count). The number of rotatable bonds is 1. The molecular formula is C17H21N3O4. The van der Waals surface area contributed by atoms with Crippen molar-refractivity contribution < 1.29 is 19.5 Å². The molecule has 0 spiro atoms. The predicted molar refractivity (Wildman–Crippen MR) is 89.5 cm³/mol. The van der Waals surface area contributed by atoms with E-state index in [9.17, 15) is 14.4 Å². The molecular weight excluding hydrogens is 310 g/mol. The van der Waals surface area contributed by atoms with Crippen LogP contribution in [0.2, 0.25) is 0 Å². The lowest BCUT2D eigenvalue weighted by Crippen LogP contribution is -2.46. The van der Waals surface area contributed by atoms with Gasteiger partial charge in [-0.25, -0.2) is 4.79 Å². The SMILES string of the molecule is CC1NC(=O)[C@@H](NC(=O)O)CC=C[C@@H](C)C(=O)Nc2ccccc21. The number of para-hydroxylation sites is 1. The van der Waals surface area contributed by atoms with Crippen LogP contribution in [0.1, 0.15) is 31.9 Å². The zero-order chi connectivity index (χ0) is 17.7. The highest BCUT2D eigenvalue weighted by molar-refractivity contribution is 5.94. The molecule has 1 aliphatic rings. The third kappa shape index (κ3) is 4.34. The number of carbonyl (C=O) groups is 3. The summed E-state index contributed by atoms with van der Waals surface area (Å²) in [6.45, 7) is 3.52. The second kappa shape index (κ2) is 7.63. The number of hydrogen-bond acceptors (Lipinski definition) is 3. The summed E-state index contributed by atoms with van der Waals surface area (Å²) in [5, 5.41) is 16.8. The number of hydrogen-bond donors (Lipinski definition) is 4. The first-order valence-corrected chi connectivity index (χ1v) is 7.74. The third-order valence-corrected chi connectivity index (χ3v) is 3.87. The lowest BCUT2D eigenvalue weighted by molar-refractivity contribution is -0.123. The molecule has 7 nitrogen and oxygen atoms in total. The third-order valence-electron chi connectivity index (χ3n) is 3.87. The molecule has 0 bridgehead atoms. The Balaban J connectivity index is 2.36. The molecule has 0 aromatic heterocycles. The second-order valence-electron chi connectivity index (χ2n) is 5.76. The van der Waals surface area contributed by atoms with Crippen molar-refractivity contribution in [1.82, 2.24) is 10.6 Å². The maximum absolute atomic E-state index is 12.4. The molecule has 1 aromatic rings. The van der Waals surface area contributed by atoms with Crippen LogP contribution in [0.25, 0.3) is 0 Å². The fourth-order valence-electron chi connectivity index (χ4n) is 2.51. The minimum atomic E-state index is -1.27. The Morgan fingerprint density at radius 1 is 1.21 bits per heavy atom. The van der Waals surface area contributed by atoms with Gasteiger partial charge in [-0.2, -0.15) is 0 Å². The van der Waals surface area contributed by atoms with Gasteiger partial charge in [-0.05, 0) is 25.0 Å². The fraction of sp³-hybridized carbons (Fsp3) is 0.353. The van der Waals surface area contributed by atoms with Crippen molar-refractivity contribution in [3.63, 3.8) is 0 Å². The van der Waals surface area contributed by atoms with Gasteiger partial charge < -0.3 is 21.1 Å². The first kappa shape index (κ1) is 17.5. The van der Waals surface area contributed by atoms with Gasteiger partial charge >= 0.3 is 6.09 Å². The van der Waals surface area contributed by atoms with E-state index in [1.807, 2.05) is 12.1 Å². The van der Waals surface area contributed by atoms with Gasteiger partial charge in [0.1, 0.15) is 6.04 Å². The van der Waals surface area contributed by atoms with Crippen LogP contribution in [-0.2, 0) is 9.59 Å². The monoisotopic (exact) mass is 331 g/mol. The molecule has 7 heteroatoms. The number of carbonyl (C=O) groups excluding carboxylic acids is 2. The van der Waals surface area contributed by atoms with E-state index in [1.165, 1.54) is 0 Å². The zero-order valence-corrected chi connectivity index (χ0v) is 13.6. The molecule has 1 heterocycles. The summed E-state index contributed by atoms with van der Waals surface area (Å²) in [6.07, 6.45) is 2.20. The molecule has 0 saturated heterocycles. The molecule has 0 fully saturated rings. The van der Waals surface area contributed by atoms with Crippen molar-refractivity contribution in [2.45, 2.75) is 32.4 Å². The lowest BCUT2D eigenvalue weighted by atomic mass is 10.0. The Hall–Kier alpha value is -2.83. The summed E-state index contributed by atoms with van der Waals surface area (Å²) in [7, 11) is 0. The highest BCUT2D eigenvalue weighted by Crippen LogP contribution is 2.24. The number of fused-ring (bicyclic) bond motifs is 1.